The molecule has 0 spiro atoms. The van der Waals surface area contributed by atoms with E-state index < -0.39 is 9.84 Å². The predicted octanol–water partition coefficient (Wildman–Crippen LogP) is 2.18. The minimum atomic E-state index is -3.03. The van der Waals surface area contributed by atoms with Crippen LogP contribution in [0.4, 0.5) is 0 Å². The third kappa shape index (κ3) is 3.75. The van der Waals surface area contributed by atoms with Crippen molar-refractivity contribution in [3.05, 3.63) is 48.0 Å². The summed E-state index contributed by atoms with van der Waals surface area (Å²) in [5.41, 5.74) is 1.51. The van der Waals surface area contributed by atoms with Crippen molar-refractivity contribution in [3.63, 3.8) is 0 Å². The van der Waals surface area contributed by atoms with Crippen LogP contribution >= 0.6 is 0 Å². The SMILES string of the molecule is C=C(C)CS(=O)(=O)Cc1ccccc1. The van der Waals surface area contributed by atoms with E-state index in [2.05, 4.69) is 6.58 Å². The van der Waals surface area contributed by atoms with Gasteiger partial charge in [0, 0.05) is 0 Å². The molecule has 0 amide bonds. The zero-order valence-electron chi connectivity index (χ0n) is 8.23. The van der Waals surface area contributed by atoms with Crippen LogP contribution in [-0.4, -0.2) is 14.2 Å². The summed E-state index contributed by atoms with van der Waals surface area (Å²) >= 11 is 0. The second-order valence-corrected chi connectivity index (χ2v) is 5.54. The fourth-order valence-electron chi connectivity index (χ4n) is 1.25. The molecule has 0 aromatic heterocycles. The summed E-state index contributed by atoms with van der Waals surface area (Å²) in [4.78, 5) is 0. The number of hydrogen-bond donors (Lipinski definition) is 0. The standard InChI is InChI=1S/C11H14O2S/c1-10(2)8-14(12,13)9-11-6-4-3-5-7-11/h3-7H,1,8-9H2,2H3. The fourth-order valence-corrected chi connectivity index (χ4v) is 2.81. The Kier molecular flexibility index (Phi) is 3.47. The highest BCUT2D eigenvalue weighted by Crippen LogP contribution is 2.08. The Balaban J connectivity index is 2.74. The highest BCUT2D eigenvalue weighted by Gasteiger charge is 2.11. The predicted molar refractivity (Wildman–Crippen MR) is 58.7 cm³/mol. The summed E-state index contributed by atoms with van der Waals surface area (Å²) in [6.45, 7) is 5.33. The first-order chi connectivity index (χ1) is 6.49. The van der Waals surface area contributed by atoms with E-state index in [0.717, 1.165) is 5.56 Å². The Morgan fingerprint density at radius 1 is 1.29 bits per heavy atom. The van der Waals surface area contributed by atoms with Crippen LogP contribution < -0.4 is 0 Å². The van der Waals surface area contributed by atoms with E-state index in [1.54, 1.807) is 6.92 Å². The number of sulfone groups is 1. The van der Waals surface area contributed by atoms with Gasteiger partial charge in [-0.2, -0.15) is 0 Å². The van der Waals surface area contributed by atoms with Crippen molar-refractivity contribution in [2.24, 2.45) is 0 Å². The van der Waals surface area contributed by atoms with Gasteiger partial charge in [-0.1, -0.05) is 42.5 Å². The van der Waals surface area contributed by atoms with Gasteiger partial charge in [0.05, 0.1) is 11.5 Å². The van der Waals surface area contributed by atoms with E-state index in [0.29, 0.717) is 5.57 Å². The fraction of sp³-hybridized carbons (Fsp3) is 0.273. The Bertz CT molecular complexity index is 404. The maximum atomic E-state index is 11.5. The lowest BCUT2D eigenvalue weighted by Gasteiger charge is -2.03. The van der Waals surface area contributed by atoms with Gasteiger partial charge < -0.3 is 0 Å². The second kappa shape index (κ2) is 4.42. The van der Waals surface area contributed by atoms with Crippen LogP contribution in [0.15, 0.2) is 42.5 Å². The van der Waals surface area contributed by atoms with Crippen LogP contribution in [0.1, 0.15) is 12.5 Å². The first-order valence-electron chi connectivity index (χ1n) is 4.38. The summed E-state index contributed by atoms with van der Waals surface area (Å²) in [5.74, 6) is 0.169. The van der Waals surface area contributed by atoms with Crippen LogP contribution in [-0.2, 0) is 15.6 Å². The molecule has 0 N–H and O–H groups in total. The molecule has 0 unspecified atom stereocenters. The molecule has 1 rings (SSSR count). The zero-order valence-corrected chi connectivity index (χ0v) is 9.05. The van der Waals surface area contributed by atoms with Gasteiger partial charge in [0.1, 0.15) is 0 Å². The minimum Gasteiger partial charge on any atom is -0.228 e. The Morgan fingerprint density at radius 2 is 1.86 bits per heavy atom. The maximum Gasteiger partial charge on any atom is 0.158 e. The van der Waals surface area contributed by atoms with Crippen LogP contribution in [0.25, 0.3) is 0 Å². The lowest BCUT2D eigenvalue weighted by molar-refractivity contribution is 0.597. The first-order valence-corrected chi connectivity index (χ1v) is 6.20. The Hall–Kier alpha value is -1.09. The van der Waals surface area contributed by atoms with Crippen molar-refractivity contribution in [2.45, 2.75) is 12.7 Å². The van der Waals surface area contributed by atoms with Crippen LogP contribution in [0, 0.1) is 0 Å². The quantitative estimate of drug-likeness (QED) is 0.714. The van der Waals surface area contributed by atoms with E-state index in [9.17, 15) is 8.42 Å². The van der Waals surface area contributed by atoms with Crippen molar-refractivity contribution in [3.8, 4) is 0 Å². The maximum absolute atomic E-state index is 11.5. The van der Waals surface area contributed by atoms with Gasteiger partial charge in [0.2, 0.25) is 0 Å². The summed E-state index contributed by atoms with van der Waals surface area (Å²) in [6.07, 6.45) is 0. The van der Waals surface area contributed by atoms with E-state index in [4.69, 9.17) is 0 Å². The molecule has 3 heteroatoms. The van der Waals surface area contributed by atoms with Crippen LogP contribution in [0.5, 0.6) is 0 Å². The second-order valence-electron chi connectivity index (χ2n) is 3.47. The van der Waals surface area contributed by atoms with Gasteiger partial charge in [-0.3, -0.25) is 0 Å². The molecule has 2 nitrogen and oxygen atoms in total. The first kappa shape index (κ1) is 11.0. The lowest BCUT2D eigenvalue weighted by Crippen LogP contribution is -2.09. The van der Waals surface area contributed by atoms with Gasteiger partial charge >= 0.3 is 0 Å². The molecule has 1 aromatic rings. The molecule has 1 aromatic carbocycles. The molecule has 0 bridgehead atoms. The lowest BCUT2D eigenvalue weighted by atomic mass is 10.2. The van der Waals surface area contributed by atoms with E-state index in [1.165, 1.54) is 0 Å². The van der Waals surface area contributed by atoms with Gasteiger partial charge in [0.25, 0.3) is 0 Å². The van der Waals surface area contributed by atoms with E-state index in [1.807, 2.05) is 30.3 Å². The van der Waals surface area contributed by atoms with Gasteiger partial charge in [-0.25, -0.2) is 8.42 Å². The molecule has 0 aliphatic heterocycles. The van der Waals surface area contributed by atoms with Crippen molar-refractivity contribution in [1.29, 1.82) is 0 Å². The summed E-state index contributed by atoms with van der Waals surface area (Å²) < 4.78 is 23.1. The van der Waals surface area contributed by atoms with E-state index in [-0.39, 0.29) is 11.5 Å². The van der Waals surface area contributed by atoms with Crippen molar-refractivity contribution in [2.75, 3.05) is 5.75 Å². The Labute approximate surface area is 85.2 Å². The summed E-state index contributed by atoms with van der Waals surface area (Å²) in [7, 11) is -3.03. The normalized spacial score (nSPS) is 11.2. The summed E-state index contributed by atoms with van der Waals surface area (Å²) in [5, 5.41) is 0. The topological polar surface area (TPSA) is 34.1 Å². The molecule has 0 saturated heterocycles. The van der Waals surface area contributed by atoms with Crippen LogP contribution in [0.2, 0.25) is 0 Å². The van der Waals surface area contributed by atoms with E-state index >= 15 is 0 Å². The molecular formula is C11H14O2S. The minimum absolute atomic E-state index is 0.0713. The van der Waals surface area contributed by atoms with Crippen molar-refractivity contribution >= 4 is 9.84 Å². The molecule has 0 radical (unpaired) electrons. The molecule has 0 fully saturated rings. The zero-order chi connectivity index (χ0) is 10.6. The van der Waals surface area contributed by atoms with Gasteiger partial charge in [-0.05, 0) is 12.5 Å². The third-order valence-electron chi connectivity index (χ3n) is 1.70. The monoisotopic (exact) mass is 210 g/mol. The number of rotatable bonds is 4. The highest BCUT2D eigenvalue weighted by atomic mass is 32.2. The summed E-state index contributed by atoms with van der Waals surface area (Å²) in [6, 6.07) is 9.18. The average Bonchev–Trinajstić information content (AvgIpc) is 2.02. The molecular weight excluding hydrogens is 196 g/mol. The van der Waals surface area contributed by atoms with Crippen molar-refractivity contribution < 1.29 is 8.42 Å². The highest BCUT2D eigenvalue weighted by molar-refractivity contribution is 7.90. The van der Waals surface area contributed by atoms with Gasteiger partial charge in [-0.15, -0.1) is 0 Å². The largest absolute Gasteiger partial charge is 0.228 e. The third-order valence-corrected chi connectivity index (χ3v) is 3.40. The van der Waals surface area contributed by atoms with Crippen LogP contribution in [0.3, 0.4) is 0 Å². The molecule has 76 valence electrons. The van der Waals surface area contributed by atoms with Crippen molar-refractivity contribution in [1.82, 2.24) is 0 Å². The molecule has 0 heterocycles. The molecule has 0 atom stereocenters. The molecule has 0 saturated carbocycles. The Morgan fingerprint density at radius 3 is 2.36 bits per heavy atom. The number of hydrogen-bond acceptors (Lipinski definition) is 2. The molecule has 14 heavy (non-hydrogen) atoms. The molecule has 0 aliphatic rings. The molecule has 0 aliphatic carbocycles. The average molecular weight is 210 g/mol. The smallest absolute Gasteiger partial charge is 0.158 e. The number of benzene rings is 1. The van der Waals surface area contributed by atoms with Gasteiger partial charge in [0.15, 0.2) is 9.84 Å².